The number of aliphatic hydroxyl groups is 2. The van der Waals surface area contributed by atoms with E-state index < -0.39 is 18.2 Å². The number of benzene rings is 2. The summed E-state index contributed by atoms with van der Waals surface area (Å²) >= 11 is 0. The average molecular weight is 439 g/mol. The molecule has 1 saturated heterocycles. The third-order valence-corrected chi connectivity index (χ3v) is 6.60. The van der Waals surface area contributed by atoms with Gasteiger partial charge in [-0.25, -0.2) is 4.79 Å². The van der Waals surface area contributed by atoms with Crippen molar-refractivity contribution in [2.75, 3.05) is 13.2 Å². The van der Waals surface area contributed by atoms with Crippen molar-refractivity contribution >= 4 is 5.97 Å². The van der Waals surface area contributed by atoms with Gasteiger partial charge in [-0.05, 0) is 48.6 Å². The molecule has 2 aliphatic rings. The number of ether oxygens (including phenoxy) is 2. The van der Waals surface area contributed by atoms with E-state index in [-0.39, 0.29) is 36.0 Å². The number of hydrogen-bond donors (Lipinski definition) is 3. The summed E-state index contributed by atoms with van der Waals surface area (Å²) in [4.78, 5) is 11.1. The molecule has 2 aromatic carbocycles. The van der Waals surface area contributed by atoms with Gasteiger partial charge in [-0.1, -0.05) is 42.5 Å². The second-order valence-corrected chi connectivity index (χ2v) is 8.69. The van der Waals surface area contributed by atoms with Crippen LogP contribution in [0.2, 0.25) is 0 Å². The molecule has 1 saturated carbocycles. The SMILES string of the molecule is O=C(O)c1ccc([C@H]2CC[C@@H]3[C@@H](C=C[C@@H](O)COc4ccccc4)[C@H](O)C[C@@H]3OC2)cc1. The number of carboxylic acids is 1. The van der Waals surface area contributed by atoms with Gasteiger partial charge in [0.1, 0.15) is 18.5 Å². The molecule has 4 rings (SSSR count). The number of hydrogen-bond acceptors (Lipinski definition) is 5. The van der Waals surface area contributed by atoms with Crippen molar-refractivity contribution in [3.8, 4) is 5.75 Å². The molecule has 2 fully saturated rings. The van der Waals surface area contributed by atoms with E-state index in [1.54, 1.807) is 18.2 Å². The quantitative estimate of drug-likeness (QED) is 0.571. The first-order chi connectivity index (χ1) is 15.5. The Balaban J connectivity index is 1.35. The van der Waals surface area contributed by atoms with Crippen molar-refractivity contribution in [2.45, 2.75) is 43.5 Å². The molecule has 0 unspecified atom stereocenters. The molecule has 0 spiro atoms. The zero-order valence-corrected chi connectivity index (χ0v) is 17.9. The molecule has 1 aliphatic heterocycles. The molecular formula is C26H30O6. The van der Waals surface area contributed by atoms with Crippen LogP contribution >= 0.6 is 0 Å². The highest BCUT2D eigenvalue weighted by atomic mass is 16.5. The Labute approximate surface area is 188 Å². The molecule has 170 valence electrons. The minimum Gasteiger partial charge on any atom is -0.491 e. The normalized spacial score (nSPS) is 28.8. The van der Waals surface area contributed by atoms with E-state index in [4.69, 9.17) is 14.6 Å². The summed E-state index contributed by atoms with van der Waals surface area (Å²) in [6, 6.07) is 16.4. The third kappa shape index (κ3) is 5.38. The number of aromatic carboxylic acids is 1. The summed E-state index contributed by atoms with van der Waals surface area (Å²) in [5.41, 5.74) is 1.36. The predicted molar refractivity (Wildman–Crippen MR) is 120 cm³/mol. The summed E-state index contributed by atoms with van der Waals surface area (Å²) in [6.07, 6.45) is 4.76. The highest BCUT2D eigenvalue weighted by molar-refractivity contribution is 5.87. The Kier molecular flexibility index (Phi) is 7.25. The van der Waals surface area contributed by atoms with Crippen molar-refractivity contribution in [2.24, 2.45) is 11.8 Å². The van der Waals surface area contributed by atoms with E-state index in [1.165, 1.54) is 0 Å². The molecule has 0 amide bonds. The van der Waals surface area contributed by atoms with E-state index in [2.05, 4.69) is 0 Å². The molecule has 0 radical (unpaired) electrons. The Hall–Kier alpha value is -2.67. The maximum absolute atomic E-state index is 11.1. The van der Waals surface area contributed by atoms with Crippen LogP contribution in [0.25, 0.3) is 0 Å². The first-order valence-corrected chi connectivity index (χ1v) is 11.2. The van der Waals surface area contributed by atoms with Crippen LogP contribution in [0.4, 0.5) is 0 Å². The third-order valence-electron chi connectivity index (χ3n) is 6.60. The lowest BCUT2D eigenvalue weighted by molar-refractivity contribution is 0.0287. The topological polar surface area (TPSA) is 96.2 Å². The standard InChI is InChI=1S/C26H30O6/c27-20(16-31-21-4-2-1-3-5-21)11-13-22-23-12-10-19(15-32-25(23)14-24(22)28)17-6-8-18(9-7-17)26(29)30/h1-9,11,13,19-20,22-25,27-28H,10,12,14-16H2,(H,29,30)/t19-,20+,22+,23+,24+,25-/m0/s1. The molecule has 2 aromatic rings. The summed E-state index contributed by atoms with van der Waals surface area (Å²) in [7, 11) is 0. The summed E-state index contributed by atoms with van der Waals surface area (Å²) in [5, 5.41) is 30.0. The monoisotopic (exact) mass is 438 g/mol. The predicted octanol–water partition coefficient (Wildman–Crippen LogP) is 3.64. The first kappa shape index (κ1) is 22.5. The van der Waals surface area contributed by atoms with Crippen LogP contribution in [0.1, 0.15) is 41.1 Å². The molecule has 3 N–H and O–H groups in total. The fourth-order valence-electron chi connectivity index (χ4n) is 4.83. The van der Waals surface area contributed by atoms with Crippen molar-refractivity contribution in [3.63, 3.8) is 0 Å². The molecule has 1 aliphatic carbocycles. The van der Waals surface area contributed by atoms with E-state index in [9.17, 15) is 15.0 Å². The molecule has 6 atom stereocenters. The van der Waals surface area contributed by atoms with Gasteiger partial charge in [0.25, 0.3) is 0 Å². The lowest BCUT2D eigenvalue weighted by Crippen LogP contribution is -2.22. The number of fused-ring (bicyclic) bond motifs is 1. The van der Waals surface area contributed by atoms with Crippen LogP contribution in [-0.2, 0) is 4.74 Å². The van der Waals surface area contributed by atoms with Crippen LogP contribution < -0.4 is 4.74 Å². The van der Waals surface area contributed by atoms with Gasteiger partial charge < -0.3 is 24.8 Å². The number of aliphatic hydroxyl groups excluding tert-OH is 2. The summed E-state index contributed by atoms with van der Waals surface area (Å²) in [6.45, 7) is 0.715. The van der Waals surface area contributed by atoms with Gasteiger partial charge in [-0.15, -0.1) is 0 Å². The Bertz CT molecular complexity index is 910. The summed E-state index contributed by atoms with van der Waals surface area (Å²) in [5.74, 6) is 0.102. The van der Waals surface area contributed by atoms with Crippen molar-refractivity contribution in [1.82, 2.24) is 0 Å². The van der Waals surface area contributed by atoms with Crippen molar-refractivity contribution < 1.29 is 29.6 Å². The molecule has 6 heteroatoms. The highest BCUT2D eigenvalue weighted by Crippen LogP contribution is 2.43. The van der Waals surface area contributed by atoms with Gasteiger partial charge in [0.05, 0.1) is 24.4 Å². The molecule has 32 heavy (non-hydrogen) atoms. The largest absolute Gasteiger partial charge is 0.491 e. The average Bonchev–Trinajstić information content (AvgIpc) is 2.96. The van der Waals surface area contributed by atoms with Gasteiger partial charge in [-0.2, -0.15) is 0 Å². The smallest absolute Gasteiger partial charge is 0.335 e. The number of carbonyl (C=O) groups is 1. The van der Waals surface area contributed by atoms with Crippen LogP contribution in [0.5, 0.6) is 5.75 Å². The second-order valence-electron chi connectivity index (χ2n) is 8.69. The molecule has 0 bridgehead atoms. The van der Waals surface area contributed by atoms with Gasteiger partial charge in [0, 0.05) is 18.3 Å². The van der Waals surface area contributed by atoms with E-state index >= 15 is 0 Å². The second kappa shape index (κ2) is 10.3. The lowest BCUT2D eigenvalue weighted by atomic mass is 9.85. The minimum atomic E-state index is -0.928. The fourth-order valence-corrected chi connectivity index (χ4v) is 4.83. The zero-order valence-electron chi connectivity index (χ0n) is 17.9. The van der Waals surface area contributed by atoms with Gasteiger partial charge >= 0.3 is 5.97 Å². The lowest BCUT2D eigenvalue weighted by Gasteiger charge is -2.21. The van der Waals surface area contributed by atoms with Crippen LogP contribution in [-0.4, -0.2) is 52.8 Å². The minimum absolute atomic E-state index is 0.0133. The number of rotatable bonds is 7. The molecular weight excluding hydrogens is 408 g/mol. The Morgan fingerprint density at radius 2 is 1.88 bits per heavy atom. The highest BCUT2D eigenvalue weighted by Gasteiger charge is 2.43. The molecule has 0 aromatic heterocycles. The van der Waals surface area contributed by atoms with Gasteiger partial charge in [0.15, 0.2) is 0 Å². The fraction of sp³-hybridized carbons (Fsp3) is 0.423. The van der Waals surface area contributed by atoms with E-state index in [0.29, 0.717) is 18.8 Å². The van der Waals surface area contributed by atoms with Crippen molar-refractivity contribution in [1.29, 1.82) is 0 Å². The van der Waals surface area contributed by atoms with Crippen LogP contribution in [0.3, 0.4) is 0 Å². The summed E-state index contributed by atoms with van der Waals surface area (Å²) < 4.78 is 11.8. The van der Waals surface area contributed by atoms with Crippen LogP contribution in [0, 0.1) is 11.8 Å². The Morgan fingerprint density at radius 3 is 2.59 bits per heavy atom. The number of para-hydroxylation sites is 1. The van der Waals surface area contributed by atoms with Gasteiger partial charge in [-0.3, -0.25) is 0 Å². The molecule has 1 heterocycles. The zero-order chi connectivity index (χ0) is 22.5. The Morgan fingerprint density at radius 1 is 1.12 bits per heavy atom. The molecule has 6 nitrogen and oxygen atoms in total. The van der Waals surface area contributed by atoms with Crippen LogP contribution in [0.15, 0.2) is 66.7 Å². The maximum Gasteiger partial charge on any atom is 0.335 e. The number of carboxylic acid groups (broad SMARTS) is 1. The van der Waals surface area contributed by atoms with E-state index in [1.807, 2.05) is 48.5 Å². The first-order valence-electron chi connectivity index (χ1n) is 11.2. The van der Waals surface area contributed by atoms with E-state index in [0.717, 1.165) is 18.4 Å². The van der Waals surface area contributed by atoms with Gasteiger partial charge in [0.2, 0.25) is 0 Å². The van der Waals surface area contributed by atoms with Crippen molar-refractivity contribution in [3.05, 3.63) is 77.9 Å². The maximum atomic E-state index is 11.1.